The number of allylic oxidation sites excluding steroid dienone is 1. The van der Waals surface area contributed by atoms with Crippen LogP contribution in [0.1, 0.15) is 20.8 Å². The van der Waals surface area contributed by atoms with E-state index in [0.29, 0.717) is 0 Å². The van der Waals surface area contributed by atoms with Crippen molar-refractivity contribution in [1.29, 1.82) is 0 Å². The molecule has 0 spiro atoms. The van der Waals surface area contributed by atoms with Gasteiger partial charge in [-0.3, -0.25) is 0 Å². The fourth-order valence-corrected chi connectivity index (χ4v) is 0.412. The summed E-state index contributed by atoms with van der Waals surface area (Å²) < 4.78 is 4.43. The van der Waals surface area contributed by atoms with Crippen molar-refractivity contribution in [2.45, 2.75) is 20.8 Å². The van der Waals surface area contributed by atoms with E-state index in [9.17, 15) is 5.11 Å². The van der Waals surface area contributed by atoms with Crippen molar-refractivity contribution in [3.05, 3.63) is 12.0 Å². The van der Waals surface area contributed by atoms with Crippen molar-refractivity contribution in [3.8, 4) is 0 Å². The van der Waals surface area contributed by atoms with E-state index in [0.717, 1.165) is 0 Å². The molecule has 0 heterocycles. The summed E-state index contributed by atoms with van der Waals surface area (Å²) >= 11 is 0. The van der Waals surface area contributed by atoms with E-state index in [1.165, 1.54) is 7.11 Å². The van der Waals surface area contributed by atoms with Gasteiger partial charge < -0.3 is 9.84 Å². The smallest absolute Gasteiger partial charge is 0.617 e. The number of rotatable bonds is 1. The van der Waals surface area contributed by atoms with E-state index in [-0.39, 0.29) is 30.2 Å². The van der Waals surface area contributed by atoms with Gasteiger partial charge in [-0.15, -0.1) is 0 Å². The summed E-state index contributed by atoms with van der Waals surface area (Å²) in [5.41, 5.74) is -0.0763. The standard InChI is InChI=1S/C7H14O2.Li/c1-7(2,3)5-6(8)9-4;/h5,8H,1-4H3;/q;+1/p-1/b6-5+;. The average molecular weight is 136 g/mol. The molecule has 0 saturated carbocycles. The van der Waals surface area contributed by atoms with Crippen LogP contribution in [0.2, 0.25) is 0 Å². The topological polar surface area (TPSA) is 32.3 Å². The summed E-state index contributed by atoms with van der Waals surface area (Å²) in [5, 5.41) is 10.5. The van der Waals surface area contributed by atoms with Crippen LogP contribution in [0, 0.1) is 5.41 Å². The summed E-state index contributed by atoms with van der Waals surface area (Å²) in [6.07, 6.45) is 1.55. The summed E-state index contributed by atoms with van der Waals surface area (Å²) in [5.74, 6) is -0.262. The van der Waals surface area contributed by atoms with E-state index in [2.05, 4.69) is 4.74 Å². The van der Waals surface area contributed by atoms with Gasteiger partial charge in [-0.2, -0.15) is 0 Å². The molecule has 0 aliphatic rings. The quantitative estimate of drug-likeness (QED) is 0.305. The van der Waals surface area contributed by atoms with Gasteiger partial charge in [0.2, 0.25) is 0 Å². The van der Waals surface area contributed by atoms with Crippen molar-refractivity contribution in [2.75, 3.05) is 7.11 Å². The molecule has 0 aromatic heterocycles. The molecule has 0 radical (unpaired) electrons. The minimum Gasteiger partial charge on any atom is -0.617 e. The summed E-state index contributed by atoms with van der Waals surface area (Å²) in [7, 11) is 1.38. The maximum Gasteiger partial charge on any atom is 1.00 e. The SMILES string of the molecule is CO/C([O-])=C/C(C)(C)C.[Li+]. The normalized spacial score (nSPS) is 12.2. The van der Waals surface area contributed by atoms with Crippen LogP contribution in [0.4, 0.5) is 0 Å². The van der Waals surface area contributed by atoms with E-state index in [1.807, 2.05) is 20.8 Å². The first kappa shape index (κ1) is 12.6. The van der Waals surface area contributed by atoms with Gasteiger partial charge in [0.1, 0.15) is 0 Å². The second kappa shape index (κ2) is 4.71. The van der Waals surface area contributed by atoms with E-state index in [4.69, 9.17) is 0 Å². The molecule has 0 fully saturated rings. The van der Waals surface area contributed by atoms with Crippen molar-refractivity contribution >= 4 is 0 Å². The molecule has 0 atom stereocenters. The van der Waals surface area contributed by atoms with Gasteiger partial charge in [-0.05, 0) is 12.5 Å². The van der Waals surface area contributed by atoms with Gasteiger partial charge in [-0.1, -0.05) is 26.8 Å². The Labute approximate surface area is 74.4 Å². The third-order valence-electron chi connectivity index (χ3n) is 0.752. The fraction of sp³-hybridized carbons (Fsp3) is 0.714. The molecule has 0 aromatic carbocycles. The zero-order chi connectivity index (χ0) is 7.49. The summed E-state index contributed by atoms with van der Waals surface area (Å²) in [4.78, 5) is 0. The second-order valence-corrected chi connectivity index (χ2v) is 3.03. The van der Waals surface area contributed by atoms with E-state index < -0.39 is 0 Å². The molecule has 3 heteroatoms. The van der Waals surface area contributed by atoms with Crippen molar-refractivity contribution in [2.24, 2.45) is 5.41 Å². The van der Waals surface area contributed by atoms with Crippen molar-refractivity contribution < 1.29 is 28.7 Å². The molecule has 2 nitrogen and oxygen atoms in total. The molecule has 0 aliphatic heterocycles. The largest absolute Gasteiger partial charge is 1.00 e. The third-order valence-corrected chi connectivity index (χ3v) is 0.752. The molecule has 0 saturated heterocycles. The number of hydrogen-bond donors (Lipinski definition) is 0. The van der Waals surface area contributed by atoms with Gasteiger partial charge in [0.05, 0.1) is 0 Å². The van der Waals surface area contributed by atoms with Gasteiger partial charge >= 0.3 is 18.9 Å². The van der Waals surface area contributed by atoms with Crippen LogP contribution in [0.15, 0.2) is 12.0 Å². The van der Waals surface area contributed by atoms with E-state index >= 15 is 0 Å². The van der Waals surface area contributed by atoms with Crippen LogP contribution in [-0.4, -0.2) is 7.11 Å². The Morgan fingerprint density at radius 3 is 1.90 bits per heavy atom. The Bertz CT molecular complexity index is 113. The molecular weight excluding hydrogens is 123 g/mol. The molecule has 0 aromatic rings. The molecule has 10 heavy (non-hydrogen) atoms. The zero-order valence-electron chi connectivity index (χ0n) is 7.39. The zero-order valence-corrected chi connectivity index (χ0v) is 7.39. The Hall–Kier alpha value is -0.0626. The number of ether oxygens (including phenoxy) is 1. The molecule has 0 amide bonds. The first-order chi connectivity index (χ1) is 3.95. The van der Waals surface area contributed by atoms with Crippen LogP contribution in [0.25, 0.3) is 0 Å². The monoisotopic (exact) mass is 136 g/mol. The molecule has 0 rings (SSSR count). The first-order valence-electron chi connectivity index (χ1n) is 2.89. The number of methoxy groups -OCH3 is 1. The summed E-state index contributed by atoms with van der Waals surface area (Å²) in [6.45, 7) is 5.84. The minimum atomic E-state index is -0.262. The summed E-state index contributed by atoms with van der Waals surface area (Å²) in [6, 6.07) is 0. The Kier molecular flexibility index (Phi) is 5.93. The molecule has 0 bridgehead atoms. The maximum atomic E-state index is 10.5. The van der Waals surface area contributed by atoms with E-state index in [1.54, 1.807) is 6.08 Å². The Morgan fingerprint density at radius 1 is 1.40 bits per heavy atom. The van der Waals surface area contributed by atoms with Gasteiger partial charge in [0.25, 0.3) is 0 Å². The van der Waals surface area contributed by atoms with Crippen LogP contribution in [-0.2, 0) is 4.74 Å². The molecule has 0 aliphatic carbocycles. The Morgan fingerprint density at radius 2 is 1.80 bits per heavy atom. The average Bonchev–Trinajstić information content (AvgIpc) is 1.62. The van der Waals surface area contributed by atoms with Crippen LogP contribution >= 0.6 is 0 Å². The Balaban J connectivity index is 0. The predicted octanol–water partition coefficient (Wildman–Crippen LogP) is -2.12. The predicted molar refractivity (Wildman–Crippen MR) is 34.5 cm³/mol. The van der Waals surface area contributed by atoms with Gasteiger partial charge in [-0.25, -0.2) is 0 Å². The molecule has 54 valence electrons. The van der Waals surface area contributed by atoms with Crippen molar-refractivity contribution in [1.82, 2.24) is 0 Å². The van der Waals surface area contributed by atoms with Gasteiger partial charge in [0.15, 0.2) is 0 Å². The second-order valence-electron chi connectivity index (χ2n) is 3.03. The van der Waals surface area contributed by atoms with Crippen LogP contribution < -0.4 is 24.0 Å². The minimum absolute atomic E-state index is 0. The first-order valence-corrected chi connectivity index (χ1v) is 2.89. The molecule has 0 unspecified atom stereocenters. The number of hydrogen-bond acceptors (Lipinski definition) is 2. The van der Waals surface area contributed by atoms with Crippen molar-refractivity contribution in [3.63, 3.8) is 0 Å². The maximum absolute atomic E-state index is 10.5. The van der Waals surface area contributed by atoms with Crippen LogP contribution in [0.5, 0.6) is 0 Å². The van der Waals surface area contributed by atoms with Gasteiger partial charge in [0, 0.05) is 5.95 Å². The fourth-order valence-electron chi connectivity index (χ4n) is 0.412. The van der Waals surface area contributed by atoms with Crippen LogP contribution in [0.3, 0.4) is 0 Å². The molecule has 0 N–H and O–H groups in total. The third kappa shape index (κ3) is 7.94. The molecular formula is C7H13LiO2.